The quantitative estimate of drug-likeness (QED) is 0.624. The molecular weight excluding hydrogens is 396 g/mol. The molecular formula is C21H29ClN2O5. The zero-order valence-corrected chi connectivity index (χ0v) is 18.2. The summed E-state index contributed by atoms with van der Waals surface area (Å²) in [5.74, 6) is 1.26. The molecule has 29 heavy (non-hydrogen) atoms. The van der Waals surface area contributed by atoms with E-state index >= 15 is 0 Å². The number of nitrogens with zero attached hydrogens (tertiary/aromatic N) is 2. The van der Waals surface area contributed by atoms with Gasteiger partial charge in [-0.1, -0.05) is 25.4 Å². The minimum Gasteiger partial charge on any atom is -0.493 e. The molecule has 0 atom stereocenters. The fourth-order valence-electron chi connectivity index (χ4n) is 2.82. The third kappa shape index (κ3) is 6.56. The van der Waals surface area contributed by atoms with Gasteiger partial charge in [-0.3, -0.25) is 4.79 Å². The molecule has 0 bridgehead atoms. The summed E-state index contributed by atoms with van der Waals surface area (Å²) in [4.78, 5) is 27.5. The van der Waals surface area contributed by atoms with Gasteiger partial charge in [0.2, 0.25) is 5.91 Å². The Kier molecular flexibility index (Phi) is 8.64. The normalized spacial score (nSPS) is 14.4. The largest absolute Gasteiger partial charge is 0.493 e. The fourth-order valence-corrected chi connectivity index (χ4v) is 3.10. The van der Waals surface area contributed by atoms with Gasteiger partial charge in [0.25, 0.3) is 0 Å². The summed E-state index contributed by atoms with van der Waals surface area (Å²) in [6.07, 6.45) is 2.86. The van der Waals surface area contributed by atoms with Crippen molar-refractivity contribution in [3.05, 3.63) is 28.8 Å². The van der Waals surface area contributed by atoms with E-state index in [1.165, 1.54) is 6.08 Å². The Morgan fingerprint density at radius 1 is 1.17 bits per heavy atom. The zero-order valence-electron chi connectivity index (χ0n) is 17.4. The van der Waals surface area contributed by atoms with E-state index in [-0.39, 0.29) is 12.0 Å². The molecule has 0 unspecified atom stereocenters. The number of rotatable bonds is 7. The van der Waals surface area contributed by atoms with Crippen molar-refractivity contribution in [1.82, 2.24) is 9.80 Å². The smallest absolute Gasteiger partial charge is 0.409 e. The van der Waals surface area contributed by atoms with Gasteiger partial charge >= 0.3 is 6.09 Å². The topological polar surface area (TPSA) is 68.3 Å². The van der Waals surface area contributed by atoms with Gasteiger partial charge in [0.1, 0.15) is 0 Å². The molecule has 1 saturated heterocycles. The molecule has 2 amide bonds. The van der Waals surface area contributed by atoms with Gasteiger partial charge in [-0.05, 0) is 36.6 Å². The summed E-state index contributed by atoms with van der Waals surface area (Å²) in [6, 6.07) is 3.52. The van der Waals surface area contributed by atoms with Gasteiger partial charge in [0.15, 0.2) is 11.5 Å². The van der Waals surface area contributed by atoms with Gasteiger partial charge in [0, 0.05) is 32.3 Å². The molecule has 8 heteroatoms. The van der Waals surface area contributed by atoms with Crippen LogP contribution in [0.5, 0.6) is 11.5 Å². The lowest BCUT2D eigenvalue weighted by molar-refractivity contribution is -0.127. The van der Waals surface area contributed by atoms with Crippen LogP contribution < -0.4 is 9.47 Å². The lowest BCUT2D eigenvalue weighted by Gasteiger charge is -2.33. The third-order valence-corrected chi connectivity index (χ3v) is 4.63. The number of ether oxygens (including phenoxy) is 3. The lowest BCUT2D eigenvalue weighted by Crippen LogP contribution is -2.50. The maximum absolute atomic E-state index is 12.5. The van der Waals surface area contributed by atoms with Crippen LogP contribution in [0, 0.1) is 5.92 Å². The maximum atomic E-state index is 12.5. The molecule has 160 valence electrons. The Labute approximate surface area is 177 Å². The van der Waals surface area contributed by atoms with Gasteiger partial charge in [-0.15, -0.1) is 0 Å². The molecule has 0 spiro atoms. The summed E-state index contributed by atoms with van der Waals surface area (Å²) in [6.45, 7) is 8.59. The molecule has 0 radical (unpaired) electrons. The molecule has 1 heterocycles. The van der Waals surface area contributed by atoms with E-state index in [0.29, 0.717) is 61.8 Å². The number of methoxy groups -OCH3 is 1. The highest BCUT2D eigenvalue weighted by Crippen LogP contribution is 2.37. The minimum atomic E-state index is -0.336. The Balaban J connectivity index is 1.99. The third-order valence-electron chi connectivity index (χ3n) is 4.35. The summed E-state index contributed by atoms with van der Waals surface area (Å²) < 4.78 is 16.1. The highest BCUT2D eigenvalue weighted by atomic mass is 35.5. The molecule has 1 fully saturated rings. The van der Waals surface area contributed by atoms with Crippen molar-refractivity contribution in [1.29, 1.82) is 0 Å². The van der Waals surface area contributed by atoms with Crippen molar-refractivity contribution < 1.29 is 23.8 Å². The predicted octanol–water partition coefficient (Wildman–Crippen LogP) is 3.70. The number of hydrogen-bond donors (Lipinski definition) is 0. The lowest BCUT2D eigenvalue weighted by atomic mass is 10.1. The first-order valence-electron chi connectivity index (χ1n) is 9.74. The summed E-state index contributed by atoms with van der Waals surface area (Å²) in [7, 11) is 1.55. The van der Waals surface area contributed by atoms with Crippen molar-refractivity contribution in [2.24, 2.45) is 5.92 Å². The average molecular weight is 425 g/mol. The Hall–Kier alpha value is -2.41. The summed E-state index contributed by atoms with van der Waals surface area (Å²) in [5.41, 5.74) is 0.738. The standard InChI is InChI=1S/C21H29ClN2O5/c1-5-28-21(26)24-10-8-23(9-11-24)19(25)7-6-16-12-17(22)20(18(13-16)27-4)29-14-15(2)3/h6-7,12-13,15H,5,8-11,14H2,1-4H3/b7-6+. The number of benzene rings is 1. The van der Waals surface area contributed by atoms with E-state index in [9.17, 15) is 9.59 Å². The Morgan fingerprint density at radius 2 is 1.83 bits per heavy atom. The van der Waals surface area contributed by atoms with Gasteiger partial charge in [-0.2, -0.15) is 0 Å². The van der Waals surface area contributed by atoms with Crippen LogP contribution in [0.4, 0.5) is 4.79 Å². The molecule has 1 aliphatic heterocycles. The first-order chi connectivity index (χ1) is 13.8. The van der Waals surface area contributed by atoms with E-state index in [2.05, 4.69) is 13.8 Å². The van der Waals surface area contributed by atoms with Crippen LogP contribution in [0.25, 0.3) is 6.08 Å². The molecule has 0 aliphatic carbocycles. The first kappa shape index (κ1) is 22.9. The van der Waals surface area contributed by atoms with Crippen molar-refractivity contribution >= 4 is 29.7 Å². The molecule has 1 aromatic carbocycles. The van der Waals surface area contributed by atoms with Crippen LogP contribution >= 0.6 is 11.6 Å². The van der Waals surface area contributed by atoms with Gasteiger partial charge in [0.05, 0.1) is 25.3 Å². The average Bonchev–Trinajstić information content (AvgIpc) is 2.70. The number of carbonyl (C=O) groups is 2. The highest BCUT2D eigenvalue weighted by Gasteiger charge is 2.23. The summed E-state index contributed by atoms with van der Waals surface area (Å²) >= 11 is 6.35. The molecule has 1 aliphatic rings. The molecule has 0 saturated carbocycles. The van der Waals surface area contributed by atoms with Crippen LogP contribution in [0.2, 0.25) is 5.02 Å². The number of hydrogen-bond acceptors (Lipinski definition) is 5. The number of piperazine rings is 1. The van der Waals surface area contributed by atoms with Crippen LogP contribution in [0.15, 0.2) is 18.2 Å². The molecule has 7 nitrogen and oxygen atoms in total. The SMILES string of the molecule is CCOC(=O)N1CCN(C(=O)/C=C/c2cc(Cl)c(OCC(C)C)c(OC)c2)CC1. The van der Waals surface area contributed by atoms with Crippen LogP contribution in [-0.2, 0) is 9.53 Å². The van der Waals surface area contributed by atoms with Gasteiger partial charge in [-0.25, -0.2) is 4.79 Å². The number of halogens is 1. The van der Waals surface area contributed by atoms with Crippen molar-refractivity contribution in [2.45, 2.75) is 20.8 Å². The van der Waals surface area contributed by atoms with E-state index in [1.54, 1.807) is 42.0 Å². The Morgan fingerprint density at radius 3 is 2.41 bits per heavy atom. The second-order valence-corrected chi connectivity index (χ2v) is 7.49. The van der Waals surface area contributed by atoms with Gasteiger partial charge < -0.3 is 24.0 Å². The van der Waals surface area contributed by atoms with Crippen LogP contribution in [0.1, 0.15) is 26.3 Å². The number of carbonyl (C=O) groups excluding carboxylic acids is 2. The first-order valence-corrected chi connectivity index (χ1v) is 10.1. The van der Waals surface area contributed by atoms with Crippen molar-refractivity contribution in [3.63, 3.8) is 0 Å². The molecule has 2 rings (SSSR count). The second kappa shape index (κ2) is 11.0. The number of amides is 2. The highest BCUT2D eigenvalue weighted by molar-refractivity contribution is 6.32. The van der Waals surface area contributed by atoms with Crippen LogP contribution in [0.3, 0.4) is 0 Å². The maximum Gasteiger partial charge on any atom is 0.409 e. The minimum absolute atomic E-state index is 0.122. The van der Waals surface area contributed by atoms with Crippen molar-refractivity contribution in [3.8, 4) is 11.5 Å². The molecule has 0 N–H and O–H groups in total. The van der Waals surface area contributed by atoms with E-state index in [1.807, 2.05) is 0 Å². The van der Waals surface area contributed by atoms with E-state index in [4.69, 9.17) is 25.8 Å². The molecule has 1 aromatic rings. The van der Waals surface area contributed by atoms with Crippen molar-refractivity contribution in [2.75, 3.05) is 46.5 Å². The second-order valence-electron chi connectivity index (χ2n) is 7.08. The fraction of sp³-hybridized carbons (Fsp3) is 0.524. The van der Waals surface area contributed by atoms with Crippen LogP contribution in [-0.4, -0.2) is 68.3 Å². The van der Waals surface area contributed by atoms with E-state index in [0.717, 1.165) is 5.56 Å². The summed E-state index contributed by atoms with van der Waals surface area (Å²) in [5, 5.41) is 0.431. The predicted molar refractivity (Wildman–Crippen MR) is 113 cm³/mol. The molecule has 0 aromatic heterocycles. The monoisotopic (exact) mass is 424 g/mol. The zero-order chi connectivity index (χ0) is 21.4. The Bertz CT molecular complexity index is 743. The van der Waals surface area contributed by atoms with E-state index < -0.39 is 0 Å².